The van der Waals surface area contributed by atoms with E-state index in [9.17, 15) is 17.6 Å². The van der Waals surface area contributed by atoms with Gasteiger partial charge in [0.05, 0.1) is 11.0 Å². The van der Waals surface area contributed by atoms with Crippen LogP contribution in [0.2, 0.25) is 0 Å². The van der Waals surface area contributed by atoms with Crippen LogP contribution in [0.4, 0.5) is 4.39 Å². The number of nitrogens with zero attached hydrogens (tertiary/aromatic N) is 2. The molecule has 1 unspecified atom stereocenters. The van der Waals surface area contributed by atoms with Gasteiger partial charge >= 0.3 is 0 Å². The molecule has 4 rings (SSSR count). The van der Waals surface area contributed by atoms with Crippen LogP contribution < -0.4 is 10.1 Å². The lowest BCUT2D eigenvalue weighted by Crippen LogP contribution is -2.47. The summed E-state index contributed by atoms with van der Waals surface area (Å²) < 4.78 is 43.5. The maximum absolute atomic E-state index is 14.1. The van der Waals surface area contributed by atoms with Crippen LogP contribution in [0.1, 0.15) is 5.56 Å². The molecular weight excluding hydrogens is 419 g/mol. The van der Waals surface area contributed by atoms with Gasteiger partial charge in [0.2, 0.25) is 10.0 Å². The van der Waals surface area contributed by atoms with E-state index in [-0.39, 0.29) is 6.42 Å². The number of fused-ring (bicyclic) bond motifs is 1. The second-order valence-corrected chi connectivity index (χ2v) is 8.56. The highest BCUT2D eigenvalue weighted by molar-refractivity contribution is 7.89. The van der Waals surface area contributed by atoms with Gasteiger partial charge in [0.15, 0.2) is 0 Å². The molecular formula is C22H19FN4O3S. The number of carbonyl (C=O) groups is 1. The first-order chi connectivity index (χ1) is 14.9. The quantitative estimate of drug-likeness (QED) is 0.464. The zero-order chi connectivity index (χ0) is 21.8. The van der Waals surface area contributed by atoms with Crippen molar-refractivity contribution in [3.8, 4) is 0 Å². The fraction of sp³-hybridized carbons (Fsp3) is 0.0909. The van der Waals surface area contributed by atoms with E-state index in [0.29, 0.717) is 11.0 Å². The molecule has 0 aliphatic heterocycles. The number of hydrogen-bond donors (Lipinski definition) is 2. The van der Waals surface area contributed by atoms with Gasteiger partial charge in [-0.15, -0.1) is 0 Å². The number of rotatable bonds is 7. The van der Waals surface area contributed by atoms with Gasteiger partial charge in [0.1, 0.15) is 23.1 Å². The van der Waals surface area contributed by atoms with Crippen LogP contribution >= 0.6 is 0 Å². The number of aromatic nitrogens is 2. The molecule has 1 atom stereocenters. The van der Waals surface area contributed by atoms with Crippen LogP contribution in [0.25, 0.3) is 11.0 Å². The Balaban J connectivity index is 1.64. The SMILES string of the molecule is O=C(Nn1cnc2ccccc21)C(Cc1ccccc1)NS(=O)(=O)c1ccccc1F. The molecule has 0 saturated carbocycles. The number of imidazole rings is 1. The maximum atomic E-state index is 14.1. The zero-order valence-electron chi connectivity index (χ0n) is 16.3. The highest BCUT2D eigenvalue weighted by atomic mass is 32.2. The molecule has 0 radical (unpaired) electrons. The van der Waals surface area contributed by atoms with Crippen molar-refractivity contribution in [3.05, 3.63) is 96.6 Å². The van der Waals surface area contributed by atoms with Gasteiger partial charge in [-0.05, 0) is 36.2 Å². The van der Waals surface area contributed by atoms with Crippen molar-refractivity contribution >= 4 is 27.0 Å². The van der Waals surface area contributed by atoms with Crippen LogP contribution in [0.3, 0.4) is 0 Å². The molecule has 1 heterocycles. The lowest BCUT2D eigenvalue weighted by atomic mass is 10.1. The minimum Gasteiger partial charge on any atom is -0.271 e. The van der Waals surface area contributed by atoms with Crippen LogP contribution in [-0.4, -0.2) is 30.0 Å². The summed E-state index contributed by atoms with van der Waals surface area (Å²) in [7, 11) is -4.29. The highest BCUT2D eigenvalue weighted by Crippen LogP contribution is 2.16. The summed E-state index contributed by atoms with van der Waals surface area (Å²) in [5, 5.41) is 0. The van der Waals surface area contributed by atoms with Gasteiger partial charge in [0.25, 0.3) is 5.91 Å². The third-order valence-electron chi connectivity index (χ3n) is 4.71. The first kappa shape index (κ1) is 20.7. The molecule has 0 saturated heterocycles. The van der Waals surface area contributed by atoms with Crippen molar-refractivity contribution in [2.45, 2.75) is 17.4 Å². The van der Waals surface area contributed by atoms with Crippen LogP contribution in [0, 0.1) is 5.82 Å². The van der Waals surface area contributed by atoms with Crippen molar-refractivity contribution in [2.75, 3.05) is 5.43 Å². The lowest BCUT2D eigenvalue weighted by molar-refractivity contribution is -0.118. The van der Waals surface area contributed by atoms with Gasteiger partial charge in [0, 0.05) is 0 Å². The van der Waals surface area contributed by atoms with Crippen molar-refractivity contribution < 1.29 is 17.6 Å². The largest absolute Gasteiger partial charge is 0.271 e. The van der Waals surface area contributed by atoms with Crippen molar-refractivity contribution in [2.24, 2.45) is 0 Å². The van der Waals surface area contributed by atoms with Crippen LogP contribution in [0.5, 0.6) is 0 Å². The molecule has 4 aromatic rings. The number of halogens is 1. The number of benzene rings is 3. The Morgan fingerprint density at radius 2 is 1.65 bits per heavy atom. The minimum absolute atomic E-state index is 0.0764. The van der Waals surface area contributed by atoms with Gasteiger partial charge in [-0.2, -0.15) is 4.72 Å². The molecule has 0 aliphatic carbocycles. The van der Waals surface area contributed by atoms with Crippen LogP contribution in [-0.2, 0) is 21.2 Å². The summed E-state index contributed by atoms with van der Waals surface area (Å²) in [5.41, 5.74) is 4.75. The molecule has 7 nitrogen and oxygen atoms in total. The topological polar surface area (TPSA) is 93.1 Å². The number of hydrogen-bond acceptors (Lipinski definition) is 4. The number of para-hydroxylation sites is 2. The normalized spacial score (nSPS) is 12.5. The third-order valence-corrected chi connectivity index (χ3v) is 6.21. The summed E-state index contributed by atoms with van der Waals surface area (Å²) >= 11 is 0. The molecule has 2 N–H and O–H groups in total. The van der Waals surface area contributed by atoms with Crippen molar-refractivity contribution in [3.63, 3.8) is 0 Å². The van der Waals surface area contributed by atoms with Crippen molar-refractivity contribution in [1.29, 1.82) is 0 Å². The van der Waals surface area contributed by atoms with Crippen LogP contribution in [0.15, 0.2) is 90.1 Å². The number of carbonyl (C=O) groups excluding carboxylic acids is 1. The molecule has 0 spiro atoms. The van der Waals surface area contributed by atoms with E-state index >= 15 is 0 Å². The Labute approximate surface area is 178 Å². The maximum Gasteiger partial charge on any atom is 0.257 e. The second kappa shape index (κ2) is 8.66. The first-order valence-corrected chi connectivity index (χ1v) is 11.0. The highest BCUT2D eigenvalue weighted by Gasteiger charge is 2.28. The second-order valence-electron chi connectivity index (χ2n) is 6.87. The summed E-state index contributed by atoms with van der Waals surface area (Å²) in [5.74, 6) is -1.50. The minimum atomic E-state index is -4.29. The Bertz CT molecular complexity index is 1320. The number of nitrogens with one attached hydrogen (secondary N) is 2. The fourth-order valence-corrected chi connectivity index (χ4v) is 4.47. The monoisotopic (exact) mass is 438 g/mol. The molecule has 0 aliphatic rings. The zero-order valence-corrected chi connectivity index (χ0v) is 17.1. The summed E-state index contributed by atoms with van der Waals surface area (Å²) in [6.45, 7) is 0. The molecule has 158 valence electrons. The molecule has 9 heteroatoms. The predicted octanol–water partition coefficient (Wildman–Crippen LogP) is 2.84. The molecule has 31 heavy (non-hydrogen) atoms. The Morgan fingerprint density at radius 1 is 0.968 bits per heavy atom. The van der Waals surface area contributed by atoms with E-state index in [2.05, 4.69) is 15.1 Å². The molecule has 1 aromatic heterocycles. The average molecular weight is 438 g/mol. The Hall–Kier alpha value is -3.56. The van der Waals surface area contributed by atoms with Gasteiger partial charge in [-0.1, -0.05) is 54.6 Å². The third kappa shape index (κ3) is 4.62. The molecule has 0 fully saturated rings. The summed E-state index contributed by atoms with van der Waals surface area (Å²) in [4.78, 5) is 16.8. The smallest absolute Gasteiger partial charge is 0.257 e. The number of amides is 1. The van der Waals surface area contributed by atoms with E-state index in [1.165, 1.54) is 23.1 Å². The Morgan fingerprint density at radius 3 is 2.42 bits per heavy atom. The fourth-order valence-electron chi connectivity index (χ4n) is 3.20. The van der Waals surface area contributed by atoms with E-state index in [0.717, 1.165) is 17.7 Å². The van der Waals surface area contributed by atoms with E-state index in [1.807, 2.05) is 12.1 Å². The van der Waals surface area contributed by atoms with E-state index in [4.69, 9.17) is 0 Å². The van der Waals surface area contributed by atoms with E-state index in [1.54, 1.807) is 42.5 Å². The molecule has 1 amide bonds. The lowest BCUT2D eigenvalue weighted by Gasteiger charge is -2.19. The van der Waals surface area contributed by atoms with E-state index < -0.39 is 32.7 Å². The average Bonchev–Trinajstić information content (AvgIpc) is 3.17. The molecule has 3 aromatic carbocycles. The Kier molecular flexibility index (Phi) is 5.79. The summed E-state index contributed by atoms with van der Waals surface area (Å²) in [6, 6.07) is 20.0. The van der Waals surface area contributed by atoms with Gasteiger partial charge in [-0.25, -0.2) is 22.5 Å². The van der Waals surface area contributed by atoms with Crippen molar-refractivity contribution in [1.82, 2.24) is 14.4 Å². The summed E-state index contributed by atoms with van der Waals surface area (Å²) in [6.07, 6.45) is 1.51. The van der Waals surface area contributed by atoms with Gasteiger partial charge in [-0.3, -0.25) is 10.2 Å². The first-order valence-electron chi connectivity index (χ1n) is 9.48. The standard InChI is InChI=1S/C22H19FN4O3S/c23-17-10-4-7-13-21(17)31(29,30)26-19(14-16-8-2-1-3-9-16)22(28)25-27-15-24-18-11-5-6-12-20(18)27/h1-13,15,19,26H,14H2,(H,25,28). The predicted molar refractivity (Wildman–Crippen MR) is 115 cm³/mol. The number of sulfonamides is 1. The molecule has 0 bridgehead atoms. The van der Waals surface area contributed by atoms with Gasteiger partial charge < -0.3 is 0 Å².